The Kier molecular flexibility index (Phi) is 5.78. The molecule has 1 atom stereocenters. The zero-order valence-corrected chi connectivity index (χ0v) is 14.8. The fourth-order valence-electron chi connectivity index (χ4n) is 3.96. The number of carboxylic acid groups (broad SMARTS) is 1. The molecule has 1 aromatic carbocycles. The number of halogens is 1. The largest absolute Gasteiger partial charge is 0.465 e. The van der Waals surface area contributed by atoms with Crippen LogP contribution in [-0.4, -0.2) is 55.0 Å². The summed E-state index contributed by atoms with van der Waals surface area (Å²) >= 11 is 0. The van der Waals surface area contributed by atoms with Gasteiger partial charge in [-0.3, -0.25) is 0 Å². The van der Waals surface area contributed by atoms with Gasteiger partial charge in [-0.2, -0.15) is 0 Å². The summed E-state index contributed by atoms with van der Waals surface area (Å²) in [6.07, 6.45) is 2.60. The molecule has 0 saturated carbocycles. The van der Waals surface area contributed by atoms with Gasteiger partial charge in [-0.15, -0.1) is 0 Å². The van der Waals surface area contributed by atoms with Crippen LogP contribution in [0.2, 0.25) is 0 Å². The van der Waals surface area contributed by atoms with Gasteiger partial charge in [0.05, 0.1) is 5.69 Å². The number of hydrogen-bond donors (Lipinski definition) is 1. The van der Waals surface area contributed by atoms with Crippen LogP contribution in [0.5, 0.6) is 0 Å². The van der Waals surface area contributed by atoms with Gasteiger partial charge in [0, 0.05) is 38.9 Å². The average Bonchev–Trinajstić information content (AvgIpc) is 2.60. The van der Waals surface area contributed by atoms with Crippen molar-refractivity contribution in [3.63, 3.8) is 0 Å². The van der Waals surface area contributed by atoms with Gasteiger partial charge in [-0.25, -0.2) is 9.18 Å². The molecule has 6 heteroatoms. The predicted molar refractivity (Wildman–Crippen MR) is 94.6 cm³/mol. The Morgan fingerprint density at radius 1 is 1.36 bits per heavy atom. The molecule has 0 aliphatic carbocycles. The minimum absolute atomic E-state index is 0.0396. The number of aryl methyl sites for hydroxylation is 1. The van der Waals surface area contributed by atoms with E-state index in [1.165, 1.54) is 0 Å². The van der Waals surface area contributed by atoms with Gasteiger partial charge in [0.2, 0.25) is 0 Å². The number of carbonyl (C=O) groups is 1. The molecule has 2 fully saturated rings. The first-order chi connectivity index (χ1) is 12.0. The smallest absolute Gasteiger partial charge is 0.407 e. The first-order valence-corrected chi connectivity index (χ1v) is 9.13. The summed E-state index contributed by atoms with van der Waals surface area (Å²) in [7, 11) is 0. The van der Waals surface area contributed by atoms with Crippen LogP contribution in [0.25, 0.3) is 0 Å². The van der Waals surface area contributed by atoms with E-state index >= 15 is 0 Å². The zero-order valence-electron chi connectivity index (χ0n) is 14.8. The van der Waals surface area contributed by atoms with E-state index in [1.807, 2.05) is 19.1 Å². The van der Waals surface area contributed by atoms with Gasteiger partial charge in [-0.05, 0) is 56.2 Å². The third-order valence-corrected chi connectivity index (χ3v) is 5.30. The summed E-state index contributed by atoms with van der Waals surface area (Å²) < 4.78 is 19.6. The van der Waals surface area contributed by atoms with Crippen LogP contribution < -0.4 is 4.90 Å². The van der Waals surface area contributed by atoms with E-state index in [9.17, 15) is 14.3 Å². The van der Waals surface area contributed by atoms with Crippen molar-refractivity contribution in [1.82, 2.24) is 4.90 Å². The van der Waals surface area contributed by atoms with E-state index in [-0.39, 0.29) is 17.8 Å². The van der Waals surface area contributed by atoms with Crippen LogP contribution in [0.15, 0.2) is 18.2 Å². The maximum Gasteiger partial charge on any atom is 0.407 e. The quantitative estimate of drug-likeness (QED) is 0.903. The van der Waals surface area contributed by atoms with E-state index < -0.39 is 6.09 Å². The van der Waals surface area contributed by atoms with Gasteiger partial charge in [0.15, 0.2) is 0 Å². The number of benzene rings is 1. The van der Waals surface area contributed by atoms with Gasteiger partial charge in [0.1, 0.15) is 5.82 Å². The molecule has 3 rings (SSSR count). The normalized spacial score (nSPS) is 22.0. The van der Waals surface area contributed by atoms with Crippen molar-refractivity contribution in [3.05, 3.63) is 29.6 Å². The topological polar surface area (TPSA) is 53.0 Å². The molecule has 25 heavy (non-hydrogen) atoms. The molecule has 138 valence electrons. The molecule has 0 aromatic heterocycles. The molecule has 0 radical (unpaired) electrons. The highest BCUT2D eigenvalue weighted by atomic mass is 19.1. The Hall–Kier alpha value is -1.82. The third-order valence-electron chi connectivity index (χ3n) is 5.30. The second-order valence-corrected chi connectivity index (χ2v) is 7.19. The zero-order chi connectivity index (χ0) is 17.8. The van der Waals surface area contributed by atoms with E-state index in [1.54, 1.807) is 11.0 Å². The average molecular weight is 350 g/mol. The second kappa shape index (κ2) is 8.04. The van der Waals surface area contributed by atoms with E-state index in [0.29, 0.717) is 32.0 Å². The lowest BCUT2D eigenvalue weighted by Crippen LogP contribution is -2.48. The Balaban J connectivity index is 1.66. The van der Waals surface area contributed by atoms with Gasteiger partial charge in [0.25, 0.3) is 0 Å². The van der Waals surface area contributed by atoms with Crippen LogP contribution >= 0.6 is 0 Å². The van der Waals surface area contributed by atoms with Crippen molar-refractivity contribution in [2.45, 2.75) is 38.6 Å². The summed E-state index contributed by atoms with van der Waals surface area (Å²) in [4.78, 5) is 15.4. The summed E-state index contributed by atoms with van der Waals surface area (Å²) in [5.74, 6) is 0.0357. The molecule has 1 aromatic rings. The van der Waals surface area contributed by atoms with Crippen LogP contribution in [0.3, 0.4) is 0 Å². The van der Waals surface area contributed by atoms with Crippen molar-refractivity contribution < 1.29 is 19.0 Å². The van der Waals surface area contributed by atoms with Crippen LogP contribution in [0, 0.1) is 18.7 Å². The fraction of sp³-hybridized carbons (Fsp3) is 0.632. The van der Waals surface area contributed by atoms with Crippen molar-refractivity contribution in [2.24, 2.45) is 5.92 Å². The second-order valence-electron chi connectivity index (χ2n) is 7.19. The highest BCUT2D eigenvalue weighted by Crippen LogP contribution is 2.28. The lowest BCUT2D eigenvalue weighted by Gasteiger charge is -2.39. The summed E-state index contributed by atoms with van der Waals surface area (Å²) in [6.45, 7) is 5.17. The molecule has 2 aliphatic rings. The number of amides is 1. The lowest BCUT2D eigenvalue weighted by atomic mass is 9.95. The number of anilines is 1. The molecule has 2 heterocycles. The van der Waals surface area contributed by atoms with E-state index in [2.05, 4.69) is 4.90 Å². The summed E-state index contributed by atoms with van der Waals surface area (Å²) in [6, 6.07) is 5.36. The number of hydrogen-bond acceptors (Lipinski definition) is 3. The molecular weight excluding hydrogens is 323 g/mol. The minimum Gasteiger partial charge on any atom is -0.465 e. The summed E-state index contributed by atoms with van der Waals surface area (Å²) in [5.41, 5.74) is 1.54. The number of rotatable bonds is 4. The third kappa shape index (κ3) is 4.42. The first kappa shape index (κ1) is 18.0. The van der Waals surface area contributed by atoms with Crippen molar-refractivity contribution in [1.29, 1.82) is 0 Å². The maximum atomic E-state index is 14.3. The molecule has 2 saturated heterocycles. The molecule has 1 N–H and O–H groups in total. The highest BCUT2D eigenvalue weighted by molar-refractivity contribution is 5.65. The number of piperidine rings is 1. The monoisotopic (exact) mass is 350 g/mol. The Bertz CT molecular complexity index is 604. The van der Waals surface area contributed by atoms with E-state index in [0.717, 1.165) is 37.8 Å². The molecule has 5 nitrogen and oxygen atoms in total. The van der Waals surface area contributed by atoms with Crippen molar-refractivity contribution in [3.8, 4) is 0 Å². The van der Waals surface area contributed by atoms with Crippen molar-refractivity contribution in [2.75, 3.05) is 37.7 Å². The van der Waals surface area contributed by atoms with Gasteiger partial charge < -0.3 is 19.6 Å². The van der Waals surface area contributed by atoms with Gasteiger partial charge in [-0.1, -0.05) is 6.07 Å². The SMILES string of the molecule is Cc1ccc(N2CCCC(CN(C(=O)O)C3CCOCC3)C2)c(F)c1. The number of ether oxygens (including phenoxy) is 1. The lowest BCUT2D eigenvalue weighted by molar-refractivity contribution is 0.0300. The molecule has 0 bridgehead atoms. The van der Waals surface area contributed by atoms with Crippen LogP contribution in [-0.2, 0) is 4.74 Å². The van der Waals surface area contributed by atoms with Crippen LogP contribution in [0.4, 0.5) is 14.9 Å². The molecule has 2 aliphatic heterocycles. The fourth-order valence-corrected chi connectivity index (χ4v) is 3.96. The molecule has 1 amide bonds. The Labute approximate surface area is 148 Å². The van der Waals surface area contributed by atoms with E-state index in [4.69, 9.17) is 4.74 Å². The highest BCUT2D eigenvalue weighted by Gasteiger charge is 2.30. The molecule has 0 spiro atoms. The van der Waals surface area contributed by atoms with Crippen molar-refractivity contribution >= 4 is 11.8 Å². The van der Waals surface area contributed by atoms with Gasteiger partial charge >= 0.3 is 6.09 Å². The predicted octanol–water partition coefficient (Wildman–Crippen LogP) is 3.51. The standard InChI is InChI=1S/C19H27FN2O3/c1-14-4-5-18(17(20)11-14)21-8-2-3-15(12-21)13-22(19(23)24)16-6-9-25-10-7-16/h4-5,11,15-16H,2-3,6-10,12-13H2,1H3,(H,23,24). The maximum absolute atomic E-state index is 14.3. The van der Waals surface area contributed by atoms with Crippen LogP contribution in [0.1, 0.15) is 31.2 Å². The minimum atomic E-state index is -0.856. The summed E-state index contributed by atoms with van der Waals surface area (Å²) in [5, 5.41) is 9.63. The number of nitrogens with zero attached hydrogens (tertiary/aromatic N) is 2. The Morgan fingerprint density at radius 2 is 2.12 bits per heavy atom. The molecule has 1 unspecified atom stereocenters. The Morgan fingerprint density at radius 3 is 2.80 bits per heavy atom. The first-order valence-electron chi connectivity index (χ1n) is 9.13. The molecular formula is C19H27FN2O3.